The predicted octanol–water partition coefficient (Wildman–Crippen LogP) is 2.25. The van der Waals surface area contributed by atoms with Gasteiger partial charge in [0, 0.05) is 42.6 Å². The lowest BCUT2D eigenvalue weighted by Gasteiger charge is -2.08. The minimum atomic E-state index is -4.25. The maximum Gasteiger partial charge on any atom is 0.389 e. The Bertz CT molecular complexity index is 542. The van der Waals surface area contributed by atoms with Crippen molar-refractivity contribution in [3.05, 3.63) is 35.7 Å². The van der Waals surface area contributed by atoms with E-state index in [0.717, 1.165) is 6.08 Å². The molecule has 1 aromatic heterocycles. The Morgan fingerprint density at radius 2 is 2.10 bits per heavy atom. The third-order valence-electron chi connectivity index (χ3n) is 2.42. The molecule has 1 aromatic rings. The summed E-state index contributed by atoms with van der Waals surface area (Å²) in [5.74, 6) is -1.76. The quantitative estimate of drug-likeness (QED) is 0.624. The highest BCUT2D eigenvalue weighted by Gasteiger charge is 2.26. The van der Waals surface area contributed by atoms with Crippen LogP contribution in [0.1, 0.15) is 28.8 Å². The smallest absolute Gasteiger partial charge is 0.389 e. The van der Waals surface area contributed by atoms with Crippen LogP contribution in [0.25, 0.3) is 6.08 Å². The highest BCUT2D eigenvalue weighted by molar-refractivity contribution is 5.98. The minimum Gasteiger partial charge on any atom is -0.478 e. The van der Waals surface area contributed by atoms with Crippen molar-refractivity contribution in [2.24, 2.45) is 0 Å². The zero-order valence-electron chi connectivity index (χ0n) is 10.9. The monoisotopic (exact) mass is 302 g/mol. The van der Waals surface area contributed by atoms with Crippen LogP contribution in [0.3, 0.4) is 0 Å². The first kappa shape index (κ1) is 16.7. The van der Waals surface area contributed by atoms with Crippen LogP contribution >= 0.6 is 0 Å². The second kappa shape index (κ2) is 7.41. The summed E-state index contributed by atoms with van der Waals surface area (Å²) in [6.07, 6.45) is -0.781. The highest BCUT2D eigenvalue weighted by atomic mass is 19.4. The summed E-state index contributed by atoms with van der Waals surface area (Å²) >= 11 is 0. The van der Waals surface area contributed by atoms with Crippen molar-refractivity contribution in [3.8, 4) is 0 Å². The first-order chi connectivity index (χ1) is 9.79. The number of carboxylic acid groups (broad SMARTS) is 1. The summed E-state index contributed by atoms with van der Waals surface area (Å²) in [6.45, 7) is -0.122. The zero-order valence-corrected chi connectivity index (χ0v) is 10.9. The molecule has 0 aliphatic rings. The molecule has 0 bridgehead atoms. The number of pyridine rings is 1. The molecular formula is C13H13F3N2O3. The van der Waals surface area contributed by atoms with Gasteiger partial charge in [0.1, 0.15) is 0 Å². The second-order valence-electron chi connectivity index (χ2n) is 4.11. The molecule has 5 nitrogen and oxygen atoms in total. The molecule has 0 aliphatic heterocycles. The number of nitrogens with one attached hydrogen (secondary N) is 1. The number of halogens is 3. The van der Waals surface area contributed by atoms with Gasteiger partial charge < -0.3 is 10.4 Å². The van der Waals surface area contributed by atoms with Gasteiger partial charge in [0.2, 0.25) is 0 Å². The summed E-state index contributed by atoms with van der Waals surface area (Å²) in [5.41, 5.74) is 0.419. The Labute approximate surface area is 118 Å². The number of amides is 1. The van der Waals surface area contributed by atoms with Crippen molar-refractivity contribution in [2.45, 2.75) is 19.0 Å². The van der Waals surface area contributed by atoms with Crippen molar-refractivity contribution in [1.29, 1.82) is 0 Å². The fourth-order valence-electron chi connectivity index (χ4n) is 1.49. The van der Waals surface area contributed by atoms with Gasteiger partial charge >= 0.3 is 12.1 Å². The van der Waals surface area contributed by atoms with Crippen molar-refractivity contribution >= 4 is 18.0 Å². The first-order valence-corrected chi connectivity index (χ1v) is 5.99. The van der Waals surface area contributed by atoms with E-state index in [1.807, 2.05) is 0 Å². The van der Waals surface area contributed by atoms with Gasteiger partial charge in [-0.1, -0.05) is 0 Å². The average molecular weight is 302 g/mol. The molecule has 0 atom stereocenters. The van der Waals surface area contributed by atoms with E-state index in [1.54, 1.807) is 0 Å². The van der Waals surface area contributed by atoms with Gasteiger partial charge in [-0.3, -0.25) is 9.78 Å². The molecule has 1 heterocycles. The molecule has 2 N–H and O–H groups in total. The Morgan fingerprint density at radius 1 is 1.38 bits per heavy atom. The van der Waals surface area contributed by atoms with Crippen molar-refractivity contribution in [3.63, 3.8) is 0 Å². The largest absolute Gasteiger partial charge is 0.478 e. The molecule has 0 unspecified atom stereocenters. The number of carbonyl (C=O) groups excluding carboxylic acids is 1. The summed E-state index contributed by atoms with van der Waals surface area (Å²) in [7, 11) is 0. The molecule has 0 saturated heterocycles. The summed E-state index contributed by atoms with van der Waals surface area (Å²) < 4.78 is 35.9. The van der Waals surface area contributed by atoms with E-state index in [1.165, 1.54) is 24.5 Å². The molecule has 0 saturated carbocycles. The number of alkyl halides is 3. The van der Waals surface area contributed by atoms with Crippen LogP contribution < -0.4 is 5.32 Å². The molecule has 8 heteroatoms. The van der Waals surface area contributed by atoms with E-state index < -0.39 is 24.5 Å². The van der Waals surface area contributed by atoms with Crippen LogP contribution in [-0.4, -0.2) is 34.7 Å². The maximum atomic E-state index is 12.0. The van der Waals surface area contributed by atoms with Crippen LogP contribution in [0.5, 0.6) is 0 Å². The molecule has 0 aromatic carbocycles. The molecule has 21 heavy (non-hydrogen) atoms. The molecule has 1 amide bonds. The number of aromatic nitrogens is 1. The topological polar surface area (TPSA) is 79.3 Å². The lowest BCUT2D eigenvalue weighted by atomic mass is 10.1. The van der Waals surface area contributed by atoms with Crippen LogP contribution in [0, 0.1) is 0 Å². The Kier molecular flexibility index (Phi) is 5.89. The number of rotatable bonds is 6. The van der Waals surface area contributed by atoms with Crippen LogP contribution in [0.15, 0.2) is 24.5 Å². The van der Waals surface area contributed by atoms with Gasteiger partial charge in [-0.2, -0.15) is 13.2 Å². The molecule has 1 rings (SSSR count). The Morgan fingerprint density at radius 3 is 2.71 bits per heavy atom. The number of hydrogen-bond donors (Lipinski definition) is 2. The van der Waals surface area contributed by atoms with Gasteiger partial charge in [-0.25, -0.2) is 4.79 Å². The SMILES string of the molecule is O=C(O)/C=C/c1cnccc1C(=O)NCCCC(F)(F)F. The normalized spacial score (nSPS) is 11.6. The minimum absolute atomic E-state index is 0.122. The number of hydrogen-bond acceptors (Lipinski definition) is 3. The first-order valence-electron chi connectivity index (χ1n) is 5.99. The second-order valence-corrected chi connectivity index (χ2v) is 4.11. The number of carbonyl (C=O) groups is 2. The Balaban J connectivity index is 2.64. The van der Waals surface area contributed by atoms with E-state index in [9.17, 15) is 22.8 Å². The van der Waals surface area contributed by atoms with E-state index in [4.69, 9.17) is 5.11 Å². The highest BCUT2D eigenvalue weighted by Crippen LogP contribution is 2.20. The zero-order chi connectivity index (χ0) is 15.9. The lowest BCUT2D eigenvalue weighted by Crippen LogP contribution is -2.26. The fourth-order valence-corrected chi connectivity index (χ4v) is 1.49. The predicted molar refractivity (Wildman–Crippen MR) is 68.5 cm³/mol. The van der Waals surface area contributed by atoms with Gasteiger partial charge in [0.05, 0.1) is 0 Å². The van der Waals surface area contributed by atoms with Crippen LogP contribution in [0.2, 0.25) is 0 Å². The van der Waals surface area contributed by atoms with E-state index in [2.05, 4.69) is 10.3 Å². The molecule has 0 radical (unpaired) electrons. The molecule has 0 aliphatic carbocycles. The van der Waals surface area contributed by atoms with Crippen molar-refractivity contribution < 1.29 is 27.9 Å². The summed E-state index contributed by atoms with van der Waals surface area (Å²) in [5, 5.41) is 10.9. The van der Waals surface area contributed by atoms with Gasteiger partial charge in [-0.15, -0.1) is 0 Å². The van der Waals surface area contributed by atoms with Gasteiger partial charge in [0.25, 0.3) is 5.91 Å². The average Bonchev–Trinajstić information content (AvgIpc) is 2.40. The van der Waals surface area contributed by atoms with Gasteiger partial charge in [0.15, 0.2) is 0 Å². The number of aliphatic carboxylic acids is 1. The lowest BCUT2D eigenvalue weighted by molar-refractivity contribution is -0.135. The molecule has 114 valence electrons. The van der Waals surface area contributed by atoms with E-state index in [-0.39, 0.29) is 24.1 Å². The summed E-state index contributed by atoms with van der Waals surface area (Å²) in [6, 6.07) is 1.36. The third kappa shape index (κ3) is 6.55. The standard InChI is InChI=1S/C13H13F3N2O3/c14-13(15,16)5-1-6-18-12(21)10-4-7-17-8-9(10)2-3-11(19)20/h2-4,7-8H,1,5-6H2,(H,18,21)(H,19,20)/b3-2+. The van der Waals surface area contributed by atoms with Crippen molar-refractivity contribution in [2.75, 3.05) is 6.54 Å². The summed E-state index contributed by atoms with van der Waals surface area (Å²) in [4.78, 5) is 26.0. The van der Waals surface area contributed by atoms with Crippen LogP contribution in [-0.2, 0) is 4.79 Å². The maximum absolute atomic E-state index is 12.0. The van der Waals surface area contributed by atoms with Crippen LogP contribution in [0.4, 0.5) is 13.2 Å². The number of nitrogens with zero attached hydrogens (tertiary/aromatic N) is 1. The van der Waals surface area contributed by atoms with Crippen molar-refractivity contribution in [1.82, 2.24) is 10.3 Å². The molecular weight excluding hydrogens is 289 g/mol. The molecule has 0 fully saturated rings. The third-order valence-corrected chi connectivity index (χ3v) is 2.42. The van der Waals surface area contributed by atoms with E-state index in [0.29, 0.717) is 0 Å². The van der Waals surface area contributed by atoms with E-state index >= 15 is 0 Å². The molecule has 0 spiro atoms. The Hall–Kier alpha value is -2.38. The fraction of sp³-hybridized carbons (Fsp3) is 0.308. The number of carboxylic acids is 1. The van der Waals surface area contributed by atoms with Gasteiger partial charge in [-0.05, 0) is 18.6 Å².